The molecule has 0 aromatic carbocycles. The second kappa shape index (κ2) is 5.95. The van der Waals surface area contributed by atoms with E-state index in [0.717, 1.165) is 30.0 Å². The molecule has 0 aliphatic carbocycles. The number of hydrogen-bond donors (Lipinski definition) is 2. The molecule has 1 aliphatic rings. The van der Waals surface area contributed by atoms with Gasteiger partial charge in [-0.1, -0.05) is 0 Å². The minimum atomic E-state index is -0.269. The Labute approximate surface area is 125 Å². The molecular weight excluding hydrogens is 286 g/mol. The molecule has 106 valence electrons. The van der Waals surface area contributed by atoms with Crippen LogP contribution in [0.15, 0.2) is 28.9 Å². The summed E-state index contributed by atoms with van der Waals surface area (Å²) in [6.07, 6.45) is 5.37. The highest BCUT2D eigenvalue weighted by molar-refractivity contribution is 7.16. The van der Waals surface area contributed by atoms with E-state index in [4.69, 9.17) is 4.42 Å². The third-order valence-corrected chi connectivity index (χ3v) is 4.37. The Bertz CT molecular complexity index is 723. The van der Waals surface area contributed by atoms with Gasteiger partial charge in [-0.05, 0) is 36.7 Å². The van der Waals surface area contributed by atoms with E-state index in [2.05, 4.69) is 16.7 Å². The van der Waals surface area contributed by atoms with Crippen molar-refractivity contribution >= 4 is 28.3 Å². The highest BCUT2D eigenvalue weighted by atomic mass is 32.1. The summed E-state index contributed by atoms with van der Waals surface area (Å²) >= 11 is 1.46. The zero-order chi connectivity index (χ0) is 14.7. The van der Waals surface area contributed by atoms with E-state index in [1.54, 1.807) is 24.5 Å². The molecule has 5 nitrogen and oxygen atoms in total. The van der Waals surface area contributed by atoms with Crippen LogP contribution in [0.3, 0.4) is 0 Å². The number of amides is 1. The average molecular weight is 299 g/mol. The summed E-state index contributed by atoms with van der Waals surface area (Å²) in [7, 11) is 0. The van der Waals surface area contributed by atoms with Crippen molar-refractivity contribution in [1.29, 1.82) is 5.26 Å². The lowest BCUT2D eigenvalue weighted by Gasteiger charge is -2.11. The van der Waals surface area contributed by atoms with Gasteiger partial charge in [0.15, 0.2) is 0 Å². The Morgan fingerprint density at radius 3 is 3.24 bits per heavy atom. The summed E-state index contributed by atoms with van der Waals surface area (Å²) in [4.78, 5) is 13.1. The number of rotatable bonds is 3. The summed E-state index contributed by atoms with van der Waals surface area (Å²) in [5.74, 6) is 0.342. The summed E-state index contributed by atoms with van der Waals surface area (Å²) in [5, 5.41) is 16.0. The SMILES string of the molecule is N#Cc1c(NC(=O)/C=C/c2ccco2)sc2c1CCNC2. The van der Waals surface area contributed by atoms with Gasteiger partial charge in [0, 0.05) is 17.5 Å². The van der Waals surface area contributed by atoms with Crippen LogP contribution < -0.4 is 10.6 Å². The smallest absolute Gasteiger partial charge is 0.249 e. The lowest BCUT2D eigenvalue weighted by molar-refractivity contribution is -0.111. The molecule has 0 unspecified atom stereocenters. The Morgan fingerprint density at radius 2 is 2.48 bits per heavy atom. The molecule has 0 atom stereocenters. The van der Waals surface area contributed by atoms with Crippen LogP contribution in [-0.2, 0) is 17.8 Å². The molecule has 0 saturated carbocycles. The zero-order valence-corrected chi connectivity index (χ0v) is 12.0. The predicted molar refractivity (Wildman–Crippen MR) is 80.8 cm³/mol. The number of nitrogens with zero attached hydrogens (tertiary/aromatic N) is 1. The van der Waals surface area contributed by atoms with E-state index in [1.165, 1.54) is 17.4 Å². The Balaban J connectivity index is 1.77. The summed E-state index contributed by atoms with van der Waals surface area (Å²) in [6, 6.07) is 5.72. The van der Waals surface area contributed by atoms with Crippen molar-refractivity contribution < 1.29 is 9.21 Å². The average Bonchev–Trinajstić information content (AvgIpc) is 3.12. The van der Waals surface area contributed by atoms with Crippen LogP contribution in [0.25, 0.3) is 6.08 Å². The van der Waals surface area contributed by atoms with E-state index in [9.17, 15) is 10.1 Å². The number of thiophene rings is 1. The van der Waals surface area contributed by atoms with Gasteiger partial charge in [-0.15, -0.1) is 11.3 Å². The maximum Gasteiger partial charge on any atom is 0.249 e. The van der Waals surface area contributed by atoms with Gasteiger partial charge in [-0.2, -0.15) is 5.26 Å². The molecule has 6 heteroatoms. The highest BCUT2D eigenvalue weighted by Gasteiger charge is 2.21. The third kappa shape index (κ3) is 2.89. The van der Waals surface area contributed by atoms with Crippen molar-refractivity contribution in [2.75, 3.05) is 11.9 Å². The van der Waals surface area contributed by atoms with Gasteiger partial charge < -0.3 is 15.1 Å². The molecule has 3 heterocycles. The molecule has 21 heavy (non-hydrogen) atoms. The summed E-state index contributed by atoms with van der Waals surface area (Å²) in [5.41, 5.74) is 1.66. The molecule has 2 aromatic heterocycles. The van der Waals surface area contributed by atoms with Gasteiger partial charge >= 0.3 is 0 Å². The van der Waals surface area contributed by atoms with Crippen LogP contribution in [0.5, 0.6) is 0 Å². The fourth-order valence-electron chi connectivity index (χ4n) is 2.24. The molecule has 2 N–H and O–H groups in total. The largest absolute Gasteiger partial charge is 0.465 e. The summed E-state index contributed by atoms with van der Waals surface area (Å²) in [6.45, 7) is 1.62. The van der Waals surface area contributed by atoms with Crippen molar-refractivity contribution in [3.63, 3.8) is 0 Å². The van der Waals surface area contributed by atoms with Crippen LogP contribution in [0.2, 0.25) is 0 Å². The van der Waals surface area contributed by atoms with E-state index in [-0.39, 0.29) is 5.91 Å². The topological polar surface area (TPSA) is 78.1 Å². The van der Waals surface area contributed by atoms with Crippen LogP contribution in [0.4, 0.5) is 5.00 Å². The number of furan rings is 1. The maximum absolute atomic E-state index is 11.9. The Morgan fingerprint density at radius 1 is 1.57 bits per heavy atom. The molecular formula is C15H13N3O2S. The first-order valence-corrected chi connectivity index (χ1v) is 7.37. The third-order valence-electron chi connectivity index (χ3n) is 3.22. The fraction of sp³-hybridized carbons (Fsp3) is 0.200. The molecule has 0 radical (unpaired) electrons. The second-order valence-corrected chi connectivity index (χ2v) is 5.69. The van der Waals surface area contributed by atoms with Crippen LogP contribution in [0, 0.1) is 11.3 Å². The van der Waals surface area contributed by atoms with Gasteiger partial charge in [0.1, 0.15) is 16.8 Å². The van der Waals surface area contributed by atoms with Gasteiger partial charge in [0.2, 0.25) is 5.91 Å². The zero-order valence-electron chi connectivity index (χ0n) is 11.2. The maximum atomic E-state index is 11.9. The molecule has 1 aliphatic heterocycles. The quantitative estimate of drug-likeness (QED) is 0.854. The van der Waals surface area contributed by atoms with E-state index >= 15 is 0 Å². The molecule has 2 aromatic rings. The minimum absolute atomic E-state index is 0.269. The fourth-order valence-corrected chi connectivity index (χ4v) is 3.41. The number of anilines is 1. The van der Waals surface area contributed by atoms with Crippen molar-refractivity contribution in [3.05, 3.63) is 46.2 Å². The van der Waals surface area contributed by atoms with Crippen molar-refractivity contribution in [3.8, 4) is 6.07 Å². The second-order valence-electron chi connectivity index (χ2n) is 4.58. The number of carbonyl (C=O) groups excluding carboxylic acids is 1. The van der Waals surface area contributed by atoms with Gasteiger partial charge in [-0.3, -0.25) is 4.79 Å². The number of fused-ring (bicyclic) bond motifs is 1. The van der Waals surface area contributed by atoms with Gasteiger partial charge in [0.05, 0.1) is 11.8 Å². The molecule has 0 bridgehead atoms. The van der Waals surface area contributed by atoms with Gasteiger partial charge in [-0.25, -0.2) is 0 Å². The predicted octanol–water partition coefficient (Wildman–Crippen LogP) is 2.51. The number of nitrogens with one attached hydrogen (secondary N) is 2. The Kier molecular flexibility index (Phi) is 3.86. The first-order chi connectivity index (χ1) is 10.3. The van der Waals surface area contributed by atoms with Crippen LogP contribution in [0.1, 0.15) is 21.8 Å². The molecule has 3 rings (SSSR count). The first kappa shape index (κ1) is 13.6. The van der Waals surface area contributed by atoms with Crippen molar-refractivity contribution in [2.24, 2.45) is 0 Å². The summed E-state index contributed by atoms with van der Waals surface area (Å²) < 4.78 is 5.12. The standard InChI is InChI=1S/C15H13N3O2S/c16-8-12-11-5-6-17-9-13(11)21-15(12)18-14(19)4-3-10-2-1-7-20-10/h1-4,7,17H,5-6,9H2,(H,18,19)/b4-3+. The molecule has 0 saturated heterocycles. The number of hydrogen-bond acceptors (Lipinski definition) is 5. The lowest BCUT2D eigenvalue weighted by atomic mass is 10.1. The lowest BCUT2D eigenvalue weighted by Crippen LogP contribution is -2.22. The number of carbonyl (C=O) groups is 1. The molecule has 1 amide bonds. The van der Waals surface area contributed by atoms with E-state index in [0.29, 0.717) is 16.3 Å². The van der Waals surface area contributed by atoms with Crippen LogP contribution in [-0.4, -0.2) is 12.5 Å². The van der Waals surface area contributed by atoms with Gasteiger partial charge in [0.25, 0.3) is 0 Å². The first-order valence-electron chi connectivity index (χ1n) is 6.56. The van der Waals surface area contributed by atoms with E-state index in [1.807, 2.05) is 0 Å². The van der Waals surface area contributed by atoms with Crippen molar-refractivity contribution in [2.45, 2.75) is 13.0 Å². The number of nitriles is 1. The van der Waals surface area contributed by atoms with Crippen LogP contribution >= 0.6 is 11.3 Å². The monoisotopic (exact) mass is 299 g/mol. The normalized spacial score (nSPS) is 13.9. The highest BCUT2D eigenvalue weighted by Crippen LogP contribution is 2.34. The molecule has 0 spiro atoms. The van der Waals surface area contributed by atoms with Crippen molar-refractivity contribution in [1.82, 2.24) is 5.32 Å². The molecule has 0 fully saturated rings. The Hall–Kier alpha value is -2.36. The van der Waals surface area contributed by atoms with E-state index < -0.39 is 0 Å². The minimum Gasteiger partial charge on any atom is -0.465 e.